The summed E-state index contributed by atoms with van der Waals surface area (Å²) >= 11 is 19.8. The first-order valence-corrected chi connectivity index (χ1v) is 10.8. The molecule has 0 saturated heterocycles. The maximum absolute atomic E-state index is 6.14. The van der Waals surface area contributed by atoms with Gasteiger partial charge in [0.15, 0.2) is 0 Å². The van der Waals surface area contributed by atoms with Crippen LogP contribution in [0.2, 0.25) is 15.1 Å². The second-order valence-corrected chi connectivity index (χ2v) is 8.52. The lowest BCUT2D eigenvalue weighted by Gasteiger charge is -2.09. The molecule has 1 aromatic heterocycles. The summed E-state index contributed by atoms with van der Waals surface area (Å²) in [5.41, 5.74) is 3.17. The molecule has 2 nitrogen and oxygen atoms in total. The number of benzene rings is 3. The molecule has 0 aliphatic carbocycles. The molecule has 0 fully saturated rings. The van der Waals surface area contributed by atoms with Crippen LogP contribution in [0.3, 0.4) is 0 Å². The van der Waals surface area contributed by atoms with E-state index in [4.69, 9.17) is 44.8 Å². The number of nitrogens with zero attached hydrogens (tertiary/aromatic N) is 2. The Hall–Kier alpha value is -1.78. The van der Waals surface area contributed by atoms with Gasteiger partial charge in [0.25, 0.3) is 0 Å². The van der Waals surface area contributed by atoms with Gasteiger partial charge in [-0.1, -0.05) is 71.2 Å². The van der Waals surface area contributed by atoms with E-state index in [-0.39, 0.29) is 0 Å². The smallest absolute Gasteiger partial charge is 0.134 e. The van der Waals surface area contributed by atoms with Crippen LogP contribution in [-0.2, 0) is 12.2 Å². The summed E-state index contributed by atoms with van der Waals surface area (Å²) in [6.45, 7) is 0. The fourth-order valence-corrected chi connectivity index (χ4v) is 4.28. The Kier molecular flexibility index (Phi) is 6.07. The van der Waals surface area contributed by atoms with Crippen molar-refractivity contribution in [3.8, 4) is 0 Å². The molecule has 0 aliphatic heterocycles. The van der Waals surface area contributed by atoms with Crippen molar-refractivity contribution in [1.29, 1.82) is 0 Å². The number of para-hydroxylation sites is 1. The highest BCUT2D eigenvalue weighted by molar-refractivity contribution is 7.98. The maximum Gasteiger partial charge on any atom is 0.134 e. The molecule has 3 aromatic carbocycles. The van der Waals surface area contributed by atoms with Crippen LogP contribution in [0.5, 0.6) is 0 Å². The van der Waals surface area contributed by atoms with Gasteiger partial charge in [-0.15, -0.1) is 11.8 Å². The van der Waals surface area contributed by atoms with Crippen LogP contribution in [0.25, 0.3) is 10.9 Å². The number of aromatic nitrogens is 2. The third-order valence-corrected chi connectivity index (χ3v) is 6.30. The van der Waals surface area contributed by atoms with Gasteiger partial charge in [-0.2, -0.15) is 0 Å². The van der Waals surface area contributed by atoms with Crippen LogP contribution in [-0.4, -0.2) is 9.97 Å². The van der Waals surface area contributed by atoms with Crippen molar-refractivity contribution < 1.29 is 0 Å². The monoisotopic (exact) mass is 444 g/mol. The van der Waals surface area contributed by atoms with Gasteiger partial charge >= 0.3 is 0 Å². The molecule has 140 valence electrons. The third kappa shape index (κ3) is 4.61. The van der Waals surface area contributed by atoms with Gasteiger partial charge in [-0.3, -0.25) is 0 Å². The molecule has 0 N–H and O–H groups in total. The van der Waals surface area contributed by atoms with Crippen molar-refractivity contribution in [2.75, 3.05) is 0 Å². The Balaban J connectivity index is 1.63. The number of fused-ring (bicyclic) bond motifs is 1. The SMILES string of the molecule is Clc1ccc(Cc2nc(SCc3ccc(Cl)c(Cl)c3)c3ccccc3n2)cc1. The number of halogens is 3. The van der Waals surface area contributed by atoms with E-state index in [1.165, 1.54) is 0 Å². The molecule has 1 heterocycles. The highest BCUT2D eigenvalue weighted by Gasteiger charge is 2.10. The standard InChI is InChI=1S/C22H15Cl3N2S/c23-16-8-5-14(6-9-16)12-21-26-20-4-2-1-3-17(20)22(27-21)28-13-15-7-10-18(24)19(25)11-15/h1-11H,12-13H2. The second kappa shape index (κ2) is 8.71. The quantitative estimate of drug-likeness (QED) is 0.235. The van der Waals surface area contributed by atoms with Crippen molar-refractivity contribution in [3.05, 3.63) is 98.7 Å². The summed E-state index contributed by atoms with van der Waals surface area (Å²) in [6, 6.07) is 21.6. The molecule has 28 heavy (non-hydrogen) atoms. The minimum Gasteiger partial charge on any atom is -0.232 e. The fourth-order valence-electron chi connectivity index (χ4n) is 2.85. The average molecular weight is 446 g/mol. The van der Waals surface area contributed by atoms with Crippen LogP contribution in [0, 0.1) is 0 Å². The maximum atomic E-state index is 6.14. The van der Waals surface area contributed by atoms with Crippen LogP contribution in [0.4, 0.5) is 0 Å². The normalized spacial score (nSPS) is 11.1. The molecule has 0 bridgehead atoms. The zero-order valence-corrected chi connectivity index (χ0v) is 17.8. The predicted molar refractivity (Wildman–Crippen MR) is 120 cm³/mol. The zero-order valence-electron chi connectivity index (χ0n) is 14.7. The lowest BCUT2D eigenvalue weighted by Crippen LogP contribution is -1.99. The Morgan fingerprint density at radius 1 is 0.750 bits per heavy atom. The number of hydrogen-bond acceptors (Lipinski definition) is 3. The molecule has 0 aliphatic rings. The Morgan fingerprint density at radius 3 is 2.29 bits per heavy atom. The molecule has 0 spiro atoms. The highest BCUT2D eigenvalue weighted by atomic mass is 35.5. The van der Waals surface area contributed by atoms with Gasteiger partial charge in [-0.05, 0) is 41.5 Å². The van der Waals surface area contributed by atoms with Crippen molar-refractivity contribution in [2.24, 2.45) is 0 Å². The van der Waals surface area contributed by atoms with Crippen molar-refractivity contribution >= 4 is 57.5 Å². The fraction of sp³-hybridized carbons (Fsp3) is 0.0909. The van der Waals surface area contributed by atoms with E-state index in [1.807, 2.05) is 60.7 Å². The first-order valence-electron chi connectivity index (χ1n) is 8.65. The van der Waals surface area contributed by atoms with Gasteiger partial charge in [-0.25, -0.2) is 9.97 Å². The first-order chi connectivity index (χ1) is 13.6. The van der Waals surface area contributed by atoms with E-state index >= 15 is 0 Å². The summed E-state index contributed by atoms with van der Waals surface area (Å²) in [7, 11) is 0. The van der Waals surface area contributed by atoms with E-state index < -0.39 is 0 Å². The Morgan fingerprint density at radius 2 is 1.50 bits per heavy atom. The van der Waals surface area contributed by atoms with Crippen molar-refractivity contribution in [2.45, 2.75) is 17.2 Å². The highest BCUT2D eigenvalue weighted by Crippen LogP contribution is 2.30. The summed E-state index contributed by atoms with van der Waals surface area (Å²) in [6.07, 6.45) is 0.655. The first kappa shape index (κ1) is 19.5. The zero-order chi connectivity index (χ0) is 19.5. The number of rotatable bonds is 5. The Labute approximate surface area is 182 Å². The van der Waals surface area contributed by atoms with E-state index in [1.54, 1.807) is 11.8 Å². The second-order valence-electron chi connectivity index (χ2n) is 6.30. The predicted octanol–water partition coefficient (Wildman–Crippen LogP) is 7.47. The topological polar surface area (TPSA) is 25.8 Å². The van der Waals surface area contributed by atoms with Crippen molar-refractivity contribution in [1.82, 2.24) is 9.97 Å². The van der Waals surface area contributed by atoms with Crippen LogP contribution >= 0.6 is 46.6 Å². The Bertz CT molecular complexity index is 1130. The van der Waals surface area contributed by atoms with E-state index in [9.17, 15) is 0 Å². The molecule has 0 unspecified atom stereocenters. The van der Waals surface area contributed by atoms with E-state index in [2.05, 4.69) is 6.07 Å². The number of thioether (sulfide) groups is 1. The van der Waals surface area contributed by atoms with Gasteiger partial charge in [0.2, 0.25) is 0 Å². The van der Waals surface area contributed by atoms with Gasteiger partial charge in [0, 0.05) is 22.6 Å². The molecule has 0 amide bonds. The molecule has 4 rings (SSSR count). The summed E-state index contributed by atoms with van der Waals surface area (Å²) in [5.74, 6) is 1.54. The summed E-state index contributed by atoms with van der Waals surface area (Å²) < 4.78 is 0. The number of hydrogen-bond donors (Lipinski definition) is 0. The minimum absolute atomic E-state index is 0.563. The average Bonchev–Trinajstić information content (AvgIpc) is 2.70. The van der Waals surface area contributed by atoms with Crippen LogP contribution in [0.15, 0.2) is 71.8 Å². The summed E-state index contributed by atoms with van der Waals surface area (Å²) in [4.78, 5) is 9.57. The molecule has 6 heteroatoms. The summed E-state index contributed by atoms with van der Waals surface area (Å²) in [5, 5.41) is 3.86. The third-order valence-electron chi connectivity index (χ3n) is 4.25. The lowest BCUT2D eigenvalue weighted by atomic mass is 10.1. The molecule has 0 saturated carbocycles. The van der Waals surface area contributed by atoms with Gasteiger partial charge in [0.05, 0.1) is 15.6 Å². The van der Waals surface area contributed by atoms with E-state index in [0.29, 0.717) is 16.5 Å². The molecular formula is C22H15Cl3N2S. The van der Waals surface area contributed by atoms with Crippen LogP contribution in [0.1, 0.15) is 17.0 Å². The van der Waals surface area contributed by atoms with Crippen molar-refractivity contribution in [3.63, 3.8) is 0 Å². The van der Waals surface area contributed by atoms with Crippen LogP contribution < -0.4 is 0 Å². The molecular weight excluding hydrogens is 431 g/mol. The van der Waals surface area contributed by atoms with Gasteiger partial charge in [0.1, 0.15) is 10.9 Å². The molecule has 0 radical (unpaired) electrons. The minimum atomic E-state index is 0.563. The molecule has 0 atom stereocenters. The lowest BCUT2D eigenvalue weighted by molar-refractivity contribution is 0.941. The van der Waals surface area contributed by atoms with E-state index in [0.717, 1.165) is 43.7 Å². The van der Waals surface area contributed by atoms with Gasteiger partial charge < -0.3 is 0 Å². The molecule has 4 aromatic rings. The largest absolute Gasteiger partial charge is 0.232 e.